The van der Waals surface area contributed by atoms with Gasteiger partial charge in [0.05, 0.1) is 11.9 Å². The number of nitriles is 1. The minimum Gasteiger partial charge on any atom is -0.370 e. The van der Waals surface area contributed by atoms with Crippen molar-refractivity contribution in [2.75, 3.05) is 18.0 Å². The number of nitrogens with zero attached hydrogens (tertiary/aromatic N) is 3. The lowest BCUT2D eigenvalue weighted by Gasteiger charge is -2.37. The van der Waals surface area contributed by atoms with Crippen molar-refractivity contribution in [2.24, 2.45) is 11.7 Å². The van der Waals surface area contributed by atoms with Crippen LogP contribution in [0.25, 0.3) is 0 Å². The van der Waals surface area contributed by atoms with E-state index in [1.165, 1.54) is 0 Å². The molecule has 0 aromatic carbocycles. The molecule has 2 unspecified atom stereocenters. The fourth-order valence-corrected chi connectivity index (χ4v) is 2.36. The average molecular weight is 230 g/mol. The number of rotatable bonds is 2. The van der Waals surface area contributed by atoms with Crippen LogP contribution in [-0.2, 0) is 0 Å². The van der Waals surface area contributed by atoms with E-state index in [2.05, 4.69) is 16.8 Å². The Hall–Kier alpha value is -1.60. The summed E-state index contributed by atoms with van der Waals surface area (Å²) in [6, 6.07) is 6.09. The fraction of sp³-hybridized carbons (Fsp3) is 0.538. The molecular weight excluding hydrogens is 212 g/mol. The largest absolute Gasteiger partial charge is 0.370 e. The van der Waals surface area contributed by atoms with Crippen molar-refractivity contribution >= 4 is 5.69 Å². The van der Waals surface area contributed by atoms with Gasteiger partial charge in [0.2, 0.25) is 0 Å². The Kier molecular flexibility index (Phi) is 3.60. The maximum absolute atomic E-state index is 8.71. The molecule has 90 valence electrons. The van der Waals surface area contributed by atoms with E-state index in [1.54, 1.807) is 12.3 Å². The molecule has 1 saturated heterocycles. The summed E-state index contributed by atoms with van der Waals surface area (Å²) < 4.78 is 0. The van der Waals surface area contributed by atoms with Crippen molar-refractivity contribution in [3.8, 4) is 6.07 Å². The summed E-state index contributed by atoms with van der Waals surface area (Å²) in [5, 5.41) is 8.71. The molecule has 0 aliphatic carbocycles. The third-order valence-electron chi connectivity index (χ3n) is 3.54. The van der Waals surface area contributed by atoms with Gasteiger partial charge in [0.25, 0.3) is 0 Å². The van der Waals surface area contributed by atoms with Crippen LogP contribution in [0.3, 0.4) is 0 Å². The van der Waals surface area contributed by atoms with Crippen LogP contribution in [0.4, 0.5) is 5.69 Å². The molecule has 2 heterocycles. The zero-order chi connectivity index (χ0) is 12.3. The number of piperidine rings is 1. The molecule has 4 heteroatoms. The first kappa shape index (κ1) is 11.9. The van der Waals surface area contributed by atoms with E-state index in [-0.39, 0.29) is 0 Å². The molecular formula is C13H18N4. The van der Waals surface area contributed by atoms with E-state index < -0.39 is 0 Å². The zero-order valence-corrected chi connectivity index (χ0v) is 10.1. The number of pyridine rings is 1. The Balaban J connectivity index is 2.09. The van der Waals surface area contributed by atoms with Crippen molar-refractivity contribution in [3.63, 3.8) is 0 Å². The summed E-state index contributed by atoms with van der Waals surface area (Å²) in [5.74, 6) is 0.555. The topological polar surface area (TPSA) is 65.9 Å². The predicted molar refractivity (Wildman–Crippen MR) is 67.5 cm³/mol. The molecule has 4 nitrogen and oxygen atoms in total. The van der Waals surface area contributed by atoms with Gasteiger partial charge in [-0.15, -0.1) is 0 Å². The van der Waals surface area contributed by atoms with Crippen molar-refractivity contribution in [2.45, 2.75) is 25.8 Å². The predicted octanol–water partition coefficient (Wildman–Crippen LogP) is 1.52. The summed E-state index contributed by atoms with van der Waals surface area (Å²) in [5.41, 5.74) is 7.65. The maximum Gasteiger partial charge on any atom is 0.140 e. The van der Waals surface area contributed by atoms with Gasteiger partial charge in [-0.25, -0.2) is 4.98 Å². The second-order valence-electron chi connectivity index (χ2n) is 4.58. The fourth-order valence-electron chi connectivity index (χ4n) is 2.36. The minimum absolute atomic E-state index is 0.322. The highest BCUT2D eigenvalue weighted by Crippen LogP contribution is 2.23. The highest BCUT2D eigenvalue weighted by atomic mass is 15.1. The van der Waals surface area contributed by atoms with Crippen LogP contribution in [0.2, 0.25) is 0 Å². The molecule has 2 atom stereocenters. The lowest BCUT2D eigenvalue weighted by molar-refractivity contribution is 0.348. The third-order valence-corrected chi connectivity index (χ3v) is 3.54. The van der Waals surface area contributed by atoms with Gasteiger partial charge in [-0.05, 0) is 24.5 Å². The molecule has 1 aromatic rings. The van der Waals surface area contributed by atoms with Gasteiger partial charge in [0.1, 0.15) is 11.8 Å². The number of aromatic nitrogens is 1. The summed E-state index contributed by atoms with van der Waals surface area (Å²) in [7, 11) is 0. The molecule has 0 radical (unpaired) electrons. The van der Waals surface area contributed by atoms with Crippen LogP contribution in [0, 0.1) is 17.2 Å². The second-order valence-corrected chi connectivity index (χ2v) is 4.58. The van der Waals surface area contributed by atoms with Gasteiger partial charge in [-0.3, -0.25) is 0 Å². The Morgan fingerprint density at radius 3 is 3.00 bits per heavy atom. The standard InChI is InChI=1S/C13H18N4/c1-2-10-9-17(6-5-13(10)15)12-4-3-11(7-14)16-8-12/h3-4,8,10,13H,2,5-6,9,15H2,1H3. The van der Waals surface area contributed by atoms with E-state index in [1.807, 2.05) is 12.1 Å². The number of nitrogens with two attached hydrogens (primary N) is 1. The molecule has 0 bridgehead atoms. The Bertz CT molecular complexity index is 406. The van der Waals surface area contributed by atoms with E-state index in [0.29, 0.717) is 17.7 Å². The monoisotopic (exact) mass is 230 g/mol. The lowest BCUT2D eigenvalue weighted by Crippen LogP contribution is -2.47. The summed E-state index contributed by atoms with van der Waals surface area (Å²) >= 11 is 0. The number of hydrogen-bond donors (Lipinski definition) is 1. The van der Waals surface area contributed by atoms with Crippen molar-refractivity contribution in [3.05, 3.63) is 24.0 Å². The molecule has 1 aliphatic rings. The second kappa shape index (κ2) is 5.15. The molecule has 1 fully saturated rings. The van der Waals surface area contributed by atoms with E-state index in [4.69, 9.17) is 11.0 Å². The van der Waals surface area contributed by atoms with Gasteiger partial charge in [-0.1, -0.05) is 13.3 Å². The lowest BCUT2D eigenvalue weighted by atomic mass is 9.90. The number of hydrogen-bond acceptors (Lipinski definition) is 4. The van der Waals surface area contributed by atoms with Gasteiger partial charge >= 0.3 is 0 Å². The Morgan fingerprint density at radius 2 is 2.41 bits per heavy atom. The smallest absolute Gasteiger partial charge is 0.140 e. The highest BCUT2D eigenvalue weighted by Gasteiger charge is 2.25. The summed E-state index contributed by atoms with van der Waals surface area (Å²) in [4.78, 5) is 6.42. The van der Waals surface area contributed by atoms with Gasteiger partial charge < -0.3 is 10.6 Å². The zero-order valence-electron chi connectivity index (χ0n) is 10.1. The minimum atomic E-state index is 0.322. The molecule has 0 saturated carbocycles. The Labute approximate surface area is 102 Å². The third kappa shape index (κ3) is 2.56. The summed E-state index contributed by atoms with van der Waals surface area (Å²) in [6.07, 6.45) is 3.92. The van der Waals surface area contributed by atoms with Crippen LogP contribution in [0.15, 0.2) is 18.3 Å². The first-order chi connectivity index (χ1) is 8.24. The van der Waals surface area contributed by atoms with E-state index >= 15 is 0 Å². The molecule has 2 rings (SSSR count). The molecule has 1 aromatic heterocycles. The van der Waals surface area contributed by atoms with Crippen LogP contribution in [0.5, 0.6) is 0 Å². The van der Waals surface area contributed by atoms with E-state index in [0.717, 1.165) is 31.6 Å². The van der Waals surface area contributed by atoms with Gasteiger partial charge in [0.15, 0.2) is 0 Å². The van der Waals surface area contributed by atoms with Crippen LogP contribution < -0.4 is 10.6 Å². The molecule has 2 N–H and O–H groups in total. The average Bonchev–Trinajstić information content (AvgIpc) is 2.39. The first-order valence-corrected chi connectivity index (χ1v) is 6.11. The van der Waals surface area contributed by atoms with Crippen molar-refractivity contribution in [1.82, 2.24) is 4.98 Å². The van der Waals surface area contributed by atoms with Crippen LogP contribution in [-0.4, -0.2) is 24.1 Å². The SMILES string of the molecule is CCC1CN(c2ccc(C#N)nc2)CCC1N. The van der Waals surface area contributed by atoms with Gasteiger partial charge in [-0.2, -0.15) is 5.26 Å². The maximum atomic E-state index is 8.71. The van der Waals surface area contributed by atoms with Crippen molar-refractivity contribution in [1.29, 1.82) is 5.26 Å². The quantitative estimate of drug-likeness (QED) is 0.836. The molecule has 0 spiro atoms. The van der Waals surface area contributed by atoms with E-state index in [9.17, 15) is 0 Å². The highest BCUT2D eigenvalue weighted by molar-refractivity contribution is 5.46. The summed E-state index contributed by atoms with van der Waals surface area (Å²) in [6.45, 7) is 4.15. The molecule has 0 amide bonds. The normalized spacial score (nSPS) is 24.4. The van der Waals surface area contributed by atoms with Crippen LogP contribution in [0.1, 0.15) is 25.5 Å². The van der Waals surface area contributed by atoms with Crippen molar-refractivity contribution < 1.29 is 0 Å². The number of anilines is 1. The molecule has 17 heavy (non-hydrogen) atoms. The Morgan fingerprint density at radius 1 is 1.59 bits per heavy atom. The van der Waals surface area contributed by atoms with Gasteiger partial charge in [0, 0.05) is 19.1 Å². The first-order valence-electron chi connectivity index (χ1n) is 6.11. The molecule has 1 aliphatic heterocycles. The van der Waals surface area contributed by atoms with Crippen LogP contribution >= 0.6 is 0 Å².